The number of aromatic nitrogens is 1. The van der Waals surface area contributed by atoms with Crippen LogP contribution < -0.4 is 10.6 Å². The van der Waals surface area contributed by atoms with E-state index in [9.17, 15) is 0 Å². The lowest BCUT2D eigenvalue weighted by Gasteiger charge is -2.25. The maximum Gasteiger partial charge on any atom is 0.191 e. The van der Waals surface area contributed by atoms with Gasteiger partial charge in [-0.15, -0.1) is 11.3 Å². The van der Waals surface area contributed by atoms with Crippen LogP contribution in [-0.4, -0.2) is 68.3 Å². The fraction of sp³-hybridized carbons (Fsp3) is 0.765. The van der Waals surface area contributed by atoms with Crippen LogP contribution in [0.2, 0.25) is 0 Å². The molecule has 0 amide bonds. The van der Waals surface area contributed by atoms with E-state index >= 15 is 0 Å². The second-order valence-electron chi connectivity index (χ2n) is 5.86. The first kappa shape index (κ1) is 19.1. The Hall–Kier alpha value is -1.18. The van der Waals surface area contributed by atoms with Gasteiger partial charge in [-0.3, -0.25) is 9.89 Å². The van der Waals surface area contributed by atoms with Gasteiger partial charge in [0.05, 0.1) is 30.5 Å². The summed E-state index contributed by atoms with van der Waals surface area (Å²) in [4.78, 5) is 13.1. The topological polar surface area (TPSA) is 61.8 Å². The summed E-state index contributed by atoms with van der Waals surface area (Å²) < 4.78 is 5.37. The van der Waals surface area contributed by atoms with Gasteiger partial charge in [-0.05, 0) is 20.3 Å². The molecule has 1 fully saturated rings. The van der Waals surface area contributed by atoms with Crippen LogP contribution in [0.15, 0.2) is 4.99 Å². The van der Waals surface area contributed by atoms with E-state index in [1.165, 1.54) is 15.6 Å². The molecule has 1 saturated heterocycles. The SMILES string of the molecule is CCNC(=NCCN1CCOCC1)NCCc1nc(CC)c(C)s1. The number of hydrogen-bond donors (Lipinski definition) is 2. The number of guanidine groups is 1. The van der Waals surface area contributed by atoms with Gasteiger partial charge in [-0.2, -0.15) is 0 Å². The molecule has 0 unspecified atom stereocenters. The first-order valence-electron chi connectivity index (χ1n) is 9.00. The number of rotatable bonds is 8. The number of ether oxygens (including phenoxy) is 1. The molecule has 1 aromatic heterocycles. The Balaban J connectivity index is 1.73. The molecule has 0 bridgehead atoms. The summed E-state index contributed by atoms with van der Waals surface area (Å²) >= 11 is 1.81. The van der Waals surface area contributed by atoms with Gasteiger partial charge in [-0.1, -0.05) is 6.92 Å². The molecule has 1 aliphatic heterocycles. The first-order chi connectivity index (χ1) is 11.7. The molecular weight excluding hydrogens is 322 g/mol. The minimum atomic E-state index is 0.811. The van der Waals surface area contributed by atoms with Crippen molar-refractivity contribution in [2.24, 2.45) is 4.99 Å². The van der Waals surface area contributed by atoms with Crippen LogP contribution in [0.3, 0.4) is 0 Å². The molecule has 2 rings (SSSR count). The first-order valence-corrected chi connectivity index (χ1v) is 9.82. The normalized spacial score (nSPS) is 16.4. The van der Waals surface area contributed by atoms with Crippen LogP contribution in [0.4, 0.5) is 0 Å². The Kier molecular flexibility index (Phi) is 8.49. The maximum atomic E-state index is 5.37. The standard InChI is InChI=1S/C17H31N5OS/c1-4-15-14(3)24-16(21-15)6-7-19-17(18-5-2)20-8-9-22-10-12-23-13-11-22/h4-13H2,1-3H3,(H2,18,19,20). The smallest absolute Gasteiger partial charge is 0.191 e. The predicted molar refractivity (Wildman–Crippen MR) is 101 cm³/mol. The number of hydrogen-bond acceptors (Lipinski definition) is 5. The number of nitrogens with one attached hydrogen (secondary N) is 2. The van der Waals surface area contributed by atoms with Gasteiger partial charge < -0.3 is 15.4 Å². The fourth-order valence-electron chi connectivity index (χ4n) is 2.68. The monoisotopic (exact) mass is 353 g/mol. The van der Waals surface area contributed by atoms with Crippen molar-refractivity contribution in [1.29, 1.82) is 0 Å². The molecule has 0 saturated carbocycles. The molecule has 2 N–H and O–H groups in total. The van der Waals surface area contributed by atoms with Crippen LogP contribution in [0.1, 0.15) is 29.4 Å². The highest BCUT2D eigenvalue weighted by Crippen LogP contribution is 2.17. The Morgan fingerprint density at radius 3 is 2.75 bits per heavy atom. The third-order valence-electron chi connectivity index (χ3n) is 4.04. The van der Waals surface area contributed by atoms with Crippen molar-refractivity contribution in [1.82, 2.24) is 20.5 Å². The van der Waals surface area contributed by atoms with Crippen LogP contribution in [0, 0.1) is 6.92 Å². The summed E-state index contributed by atoms with van der Waals surface area (Å²) in [5.41, 5.74) is 1.24. The molecular formula is C17H31N5OS. The van der Waals surface area contributed by atoms with Gasteiger partial charge in [-0.25, -0.2) is 4.98 Å². The quantitative estimate of drug-likeness (QED) is 0.547. The molecule has 1 aliphatic rings. The number of nitrogens with zero attached hydrogens (tertiary/aromatic N) is 3. The Morgan fingerprint density at radius 2 is 2.08 bits per heavy atom. The van der Waals surface area contributed by atoms with Crippen LogP contribution >= 0.6 is 11.3 Å². The molecule has 0 atom stereocenters. The average Bonchev–Trinajstić information content (AvgIpc) is 2.95. The molecule has 0 aromatic carbocycles. The molecule has 0 radical (unpaired) electrons. The van der Waals surface area contributed by atoms with Gasteiger partial charge in [0.25, 0.3) is 0 Å². The van der Waals surface area contributed by atoms with Gasteiger partial charge in [0.15, 0.2) is 5.96 Å². The summed E-state index contributed by atoms with van der Waals surface area (Å²) in [5, 5.41) is 7.94. The molecule has 2 heterocycles. The van der Waals surface area contributed by atoms with Gasteiger partial charge in [0.1, 0.15) is 0 Å². The van der Waals surface area contributed by atoms with Crippen molar-refractivity contribution in [2.45, 2.75) is 33.6 Å². The molecule has 136 valence electrons. The van der Waals surface area contributed by atoms with Crippen molar-refractivity contribution < 1.29 is 4.74 Å². The Morgan fingerprint density at radius 1 is 1.29 bits per heavy atom. The molecule has 6 nitrogen and oxygen atoms in total. The fourth-order valence-corrected chi connectivity index (χ4v) is 3.70. The van der Waals surface area contributed by atoms with Crippen LogP contribution in [-0.2, 0) is 17.6 Å². The highest BCUT2D eigenvalue weighted by atomic mass is 32.1. The average molecular weight is 354 g/mol. The van der Waals surface area contributed by atoms with Crippen molar-refractivity contribution in [3.05, 3.63) is 15.6 Å². The van der Waals surface area contributed by atoms with Crippen LogP contribution in [0.25, 0.3) is 0 Å². The zero-order valence-electron chi connectivity index (χ0n) is 15.2. The van der Waals surface area contributed by atoms with Gasteiger partial charge in [0.2, 0.25) is 0 Å². The third-order valence-corrected chi connectivity index (χ3v) is 5.11. The lowest BCUT2D eigenvalue weighted by Crippen LogP contribution is -2.40. The highest BCUT2D eigenvalue weighted by molar-refractivity contribution is 7.11. The Labute approximate surface area is 149 Å². The number of aryl methyl sites for hydroxylation is 2. The molecule has 0 aliphatic carbocycles. The van der Waals surface area contributed by atoms with E-state index < -0.39 is 0 Å². The third kappa shape index (κ3) is 6.37. The molecule has 1 aromatic rings. The highest BCUT2D eigenvalue weighted by Gasteiger charge is 2.09. The van der Waals surface area contributed by atoms with Crippen molar-refractivity contribution in [3.8, 4) is 0 Å². The van der Waals surface area contributed by atoms with E-state index in [-0.39, 0.29) is 0 Å². The number of aliphatic imine (C=N–C) groups is 1. The lowest BCUT2D eigenvalue weighted by molar-refractivity contribution is 0.0394. The van der Waals surface area contributed by atoms with Crippen LogP contribution in [0.5, 0.6) is 0 Å². The van der Waals surface area contributed by atoms with Crippen molar-refractivity contribution in [2.75, 3.05) is 52.5 Å². The largest absolute Gasteiger partial charge is 0.379 e. The molecule has 0 spiro atoms. The minimum absolute atomic E-state index is 0.811. The van der Waals surface area contributed by atoms with E-state index in [4.69, 9.17) is 9.72 Å². The van der Waals surface area contributed by atoms with E-state index in [0.717, 1.165) is 71.3 Å². The van der Waals surface area contributed by atoms with Gasteiger partial charge >= 0.3 is 0 Å². The number of morpholine rings is 1. The van der Waals surface area contributed by atoms with Crippen molar-refractivity contribution >= 4 is 17.3 Å². The number of thiazole rings is 1. The Bertz CT molecular complexity index is 511. The van der Waals surface area contributed by atoms with E-state index in [1.807, 2.05) is 11.3 Å². The summed E-state index contributed by atoms with van der Waals surface area (Å²) in [7, 11) is 0. The van der Waals surface area contributed by atoms with E-state index in [2.05, 4.69) is 41.3 Å². The van der Waals surface area contributed by atoms with Gasteiger partial charge in [0, 0.05) is 44.0 Å². The second kappa shape index (κ2) is 10.6. The predicted octanol–water partition coefficient (Wildman–Crippen LogP) is 1.44. The summed E-state index contributed by atoms with van der Waals surface area (Å²) in [6.45, 7) is 13.7. The van der Waals surface area contributed by atoms with E-state index in [1.54, 1.807) is 0 Å². The molecule has 24 heavy (non-hydrogen) atoms. The van der Waals surface area contributed by atoms with E-state index in [0.29, 0.717) is 0 Å². The van der Waals surface area contributed by atoms with Crippen molar-refractivity contribution in [3.63, 3.8) is 0 Å². The second-order valence-corrected chi connectivity index (χ2v) is 7.14. The summed E-state index contributed by atoms with van der Waals surface area (Å²) in [6, 6.07) is 0. The lowest BCUT2D eigenvalue weighted by atomic mass is 10.3. The maximum absolute atomic E-state index is 5.37. The zero-order valence-corrected chi connectivity index (χ0v) is 16.0. The zero-order chi connectivity index (χ0) is 17.2. The molecule has 7 heteroatoms. The summed E-state index contributed by atoms with van der Waals surface area (Å²) in [5.74, 6) is 0.898. The summed E-state index contributed by atoms with van der Waals surface area (Å²) in [6.07, 6.45) is 1.96. The minimum Gasteiger partial charge on any atom is -0.379 e.